The molecule has 3 aromatic heterocycles. The van der Waals surface area contributed by atoms with E-state index in [9.17, 15) is 0 Å². The van der Waals surface area contributed by atoms with E-state index in [0.29, 0.717) is 6.04 Å². The third-order valence-electron chi connectivity index (χ3n) is 6.42. The summed E-state index contributed by atoms with van der Waals surface area (Å²) < 4.78 is 2.32. The van der Waals surface area contributed by atoms with Crippen molar-refractivity contribution in [2.24, 2.45) is 0 Å². The fourth-order valence-corrected chi connectivity index (χ4v) is 5.45. The molecule has 1 saturated carbocycles. The number of aryl methyl sites for hydroxylation is 1. The van der Waals surface area contributed by atoms with Gasteiger partial charge in [0.05, 0.1) is 29.7 Å². The van der Waals surface area contributed by atoms with Crippen LogP contribution in [-0.4, -0.2) is 30.6 Å². The topological polar surface area (TPSA) is 46.0 Å². The first-order valence-corrected chi connectivity index (χ1v) is 11.2. The van der Waals surface area contributed by atoms with Gasteiger partial charge in [-0.05, 0) is 68.4 Å². The first kappa shape index (κ1) is 19.2. The summed E-state index contributed by atoms with van der Waals surface area (Å²) >= 11 is 5.91. The summed E-state index contributed by atoms with van der Waals surface area (Å²) in [6.07, 6.45) is 11.9. The number of pyridine rings is 2. The summed E-state index contributed by atoms with van der Waals surface area (Å²) in [5.41, 5.74) is 4.53. The van der Waals surface area contributed by atoms with Crippen LogP contribution < -0.4 is 5.32 Å². The maximum atomic E-state index is 5.91. The highest BCUT2D eigenvalue weighted by molar-refractivity contribution is 7.80. The average Bonchev–Trinajstić information content (AvgIpc) is 3.35. The molecular weight excluding hydrogens is 390 g/mol. The smallest absolute Gasteiger partial charge is 0.170 e. The molecule has 2 atom stereocenters. The Bertz CT molecular complexity index is 1010. The highest BCUT2D eigenvalue weighted by atomic mass is 32.1. The van der Waals surface area contributed by atoms with E-state index in [0.717, 1.165) is 16.5 Å². The molecular formula is C24H27N5S. The zero-order valence-corrected chi connectivity index (χ0v) is 18.1. The third kappa shape index (κ3) is 3.39. The van der Waals surface area contributed by atoms with Crippen molar-refractivity contribution in [2.75, 3.05) is 0 Å². The molecule has 2 aliphatic rings. The number of thiocarbonyl (C=S) groups is 1. The lowest BCUT2D eigenvalue weighted by molar-refractivity contribution is 0.193. The van der Waals surface area contributed by atoms with Gasteiger partial charge in [-0.25, -0.2) is 0 Å². The Kier molecular flexibility index (Phi) is 5.25. The van der Waals surface area contributed by atoms with E-state index >= 15 is 0 Å². The second-order valence-corrected chi connectivity index (χ2v) is 8.66. The lowest BCUT2D eigenvalue weighted by Gasteiger charge is -2.37. The number of nitrogens with one attached hydrogen (secondary N) is 1. The van der Waals surface area contributed by atoms with Crippen LogP contribution in [0.2, 0.25) is 0 Å². The van der Waals surface area contributed by atoms with E-state index < -0.39 is 0 Å². The van der Waals surface area contributed by atoms with Crippen LogP contribution in [0.25, 0.3) is 5.69 Å². The Morgan fingerprint density at radius 1 is 1.00 bits per heavy atom. The molecule has 6 heteroatoms. The van der Waals surface area contributed by atoms with Gasteiger partial charge in [-0.15, -0.1) is 0 Å². The molecule has 0 aromatic carbocycles. The summed E-state index contributed by atoms with van der Waals surface area (Å²) in [6, 6.07) is 15.2. The minimum atomic E-state index is 0.0188. The zero-order chi connectivity index (χ0) is 20.5. The summed E-state index contributed by atoms with van der Waals surface area (Å²) in [4.78, 5) is 11.5. The molecule has 2 fully saturated rings. The molecule has 1 aliphatic heterocycles. The standard InChI is InChI=1S/C24H27N5S/c1-17-12-13-21(28(17)19-10-7-14-25-16-19)23-22(20-11-5-6-15-26-20)27-24(30)29(23)18-8-3-2-4-9-18/h5-7,10-16,18,22-23H,2-4,8-9H2,1H3,(H,27,30)/t22-,23+/m0/s1. The first-order chi connectivity index (χ1) is 14.7. The Morgan fingerprint density at radius 2 is 1.87 bits per heavy atom. The first-order valence-electron chi connectivity index (χ1n) is 10.8. The Hall–Kier alpha value is -2.73. The number of hydrogen-bond acceptors (Lipinski definition) is 3. The zero-order valence-electron chi connectivity index (χ0n) is 17.2. The molecule has 0 unspecified atom stereocenters. The SMILES string of the molecule is Cc1ccc([C@@H]2[C@H](c3ccccn3)NC(=S)N2C2CCCCC2)n1-c1cccnc1. The molecule has 1 aliphatic carbocycles. The molecule has 0 amide bonds. The Balaban J connectivity index is 1.64. The molecule has 1 N–H and O–H groups in total. The normalized spacial score (nSPS) is 22.3. The van der Waals surface area contributed by atoms with Gasteiger partial charge in [0.2, 0.25) is 0 Å². The van der Waals surface area contributed by atoms with E-state index in [2.05, 4.69) is 62.0 Å². The van der Waals surface area contributed by atoms with Gasteiger partial charge in [-0.2, -0.15) is 0 Å². The molecule has 4 heterocycles. The van der Waals surface area contributed by atoms with E-state index in [1.165, 1.54) is 43.5 Å². The van der Waals surface area contributed by atoms with Crippen LogP contribution in [0.1, 0.15) is 61.3 Å². The fourth-order valence-electron chi connectivity index (χ4n) is 5.06. The van der Waals surface area contributed by atoms with Crippen molar-refractivity contribution < 1.29 is 0 Å². The van der Waals surface area contributed by atoms with Crippen LogP contribution in [0.4, 0.5) is 0 Å². The monoisotopic (exact) mass is 417 g/mol. The minimum Gasteiger partial charge on any atom is -0.352 e. The largest absolute Gasteiger partial charge is 0.352 e. The van der Waals surface area contributed by atoms with Gasteiger partial charge in [-0.1, -0.05) is 25.3 Å². The van der Waals surface area contributed by atoms with Crippen molar-refractivity contribution in [2.45, 2.75) is 57.2 Å². The van der Waals surface area contributed by atoms with Crippen LogP contribution in [0, 0.1) is 6.92 Å². The highest BCUT2D eigenvalue weighted by Crippen LogP contribution is 2.43. The van der Waals surface area contributed by atoms with Crippen molar-refractivity contribution in [1.29, 1.82) is 0 Å². The van der Waals surface area contributed by atoms with Crippen molar-refractivity contribution in [1.82, 2.24) is 24.8 Å². The maximum Gasteiger partial charge on any atom is 0.170 e. The molecule has 0 bridgehead atoms. The second kappa shape index (κ2) is 8.19. The number of rotatable bonds is 4. The van der Waals surface area contributed by atoms with Crippen molar-refractivity contribution in [3.05, 3.63) is 78.1 Å². The molecule has 1 saturated heterocycles. The minimum absolute atomic E-state index is 0.0188. The van der Waals surface area contributed by atoms with E-state index in [-0.39, 0.29) is 12.1 Å². The molecule has 5 nitrogen and oxygen atoms in total. The molecule has 154 valence electrons. The van der Waals surface area contributed by atoms with Gasteiger partial charge >= 0.3 is 0 Å². The van der Waals surface area contributed by atoms with Crippen LogP contribution in [0.15, 0.2) is 61.1 Å². The quantitative estimate of drug-likeness (QED) is 0.613. The van der Waals surface area contributed by atoms with Gasteiger partial charge in [-0.3, -0.25) is 9.97 Å². The summed E-state index contributed by atoms with van der Waals surface area (Å²) in [6.45, 7) is 2.15. The van der Waals surface area contributed by atoms with Gasteiger partial charge in [0.15, 0.2) is 5.11 Å². The lowest BCUT2D eigenvalue weighted by Crippen LogP contribution is -2.40. The number of hydrogen-bond donors (Lipinski definition) is 1. The maximum absolute atomic E-state index is 5.91. The molecule has 0 radical (unpaired) electrons. The number of nitrogens with zero attached hydrogens (tertiary/aromatic N) is 4. The van der Waals surface area contributed by atoms with Gasteiger partial charge in [0.25, 0.3) is 0 Å². The Morgan fingerprint density at radius 3 is 2.60 bits per heavy atom. The van der Waals surface area contributed by atoms with E-state index in [4.69, 9.17) is 12.2 Å². The summed E-state index contributed by atoms with van der Waals surface area (Å²) in [5.74, 6) is 0. The van der Waals surface area contributed by atoms with E-state index in [1.54, 1.807) is 0 Å². The van der Waals surface area contributed by atoms with Crippen LogP contribution in [0.5, 0.6) is 0 Å². The van der Waals surface area contributed by atoms with E-state index in [1.807, 2.05) is 30.7 Å². The lowest BCUT2D eigenvalue weighted by atomic mass is 9.92. The Labute approximate surface area is 183 Å². The fraction of sp³-hybridized carbons (Fsp3) is 0.375. The third-order valence-corrected chi connectivity index (χ3v) is 6.75. The van der Waals surface area contributed by atoms with Crippen LogP contribution >= 0.6 is 12.2 Å². The molecule has 5 rings (SSSR count). The predicted octanol–water partition coefficient (Wildman–Crippen LogP) is 4.88. The van der Waals surface area contributed by atoms with Crippen molar-refractivity contribution in [3.63, 3.8) is 0 Å². The van der Waals surface area contributed by atoms with Crippen molar-refractivity contribution in [3.8, 4) is 5.69 Å². The van der Waals surface area contributed by atoms with Crippen molar-refractivity contribution >= 4 is 17.3 Å². The second-order valence-electron chi connectivity index (χ2n) is 8.27. The molecule has 0 spiro atoms. The van der Waals surface area contributed by atoms with Gasteiger partial charge < -0.3 is 14.8 Å². The van der Waals surface area contributed by atoms with Crippen LogP contribution in [-0.2, 0) is 0 Å². The van der Waals surface area contributed by atoms with Gasteiger partial charge in [0, 0.05) is 29.8 Å². The van der Waals surface area contributed by atoms with Crippen LogP contribution in [0.3, 0.4) is 0 Å². The van der Waals surface area contributed by atoms with Gasteiger partial charge in [0.1, 0.15) is 0 Å². The average molecular weight is 418 g/mol. The summed E-state index contributed by atoms with van der Waals surface area (Å²) in [7, 11) is 0. The molecule has 3 aromatic rings. The molecule has 30 heavy (non-hydrogen) atoms. The highest BCUT2D eigenvalue weighted by Gasteiger charge is 2.44. The summed E-state index contributed by atoms with van der Waals surface area (Å²) in [5, 5.41) is 4.47. The predicted molar refractivity (Wildman–Crippen MR) is 122 cm³/mol. The number of aromatic nitrogens is 3.